The summed E-state index contributed by atoms with van der Waals surface area (Å²) >= 11 is 1.28. The number of hydrogen-bond donors (Lipinski definition) is 2. The lowest BCUT2D eigenvalue weighted by atomic mass is 10.2. The lowest BCUT2D eigenvalue weighted by molar-refractivity contribution is -0.115. The molecule has 2 N–H and O–H groups in total. The van der Waals surface area contributed by atoms with Crippen LogP contribution in [-0.4, -0.2) is 46.0 Å². The highest BCUT2D eigenvalue weighted by Crippen LogP contribution is 2.23. The molecule has 0 radical (unpaired) electrons. The lowest BCUT2D eigenvalue weighted by Crippen LogP contribution is -2.25. The Morgan fingerprint density at radius 1 is 1.06 bits per heavy atom. The fourth-order valence-corrected chi connectivity index (χ4v) is 3.65. The van der Waals surface area contributed by atoms with Gasteiger partial charge in [0.1, 0.15) is 11.5 Å². The van der Waals surface area contributed by atoms with Crippen LogP contribution >= 0.6 is 11.8 Å². The third-order valence-electron chi connectivity index (χ3n) is 4.69. The summed E-state index contributed by atoms with van der Waals surface area (Å²) in [6.07, 6.45) is 0. The number of nitrogens with one attached hydrogen (secondary N) is 2. The van der Waals surface area contributed by atoms with Gasteiger partial charge in [0.25, 0.3) is 5.91 Å². The molecule has 0 unspecified atom stereocenters. The van der Waals surface area contributed by atoms with Crippen molar-refractivity contribution in [3.63, 3.8) is 0 Å². The number of hydrogen-bond acceptors (Lipinski definition) is 7. The minimum atomic E-state index is -0.406. The Kier molecular flexibility index (Phi) is 7.72. The van der Waals surface area contributed by atoms with Gasteiger partial charge in [-0.2, -0.15) is 0 Å². The van der Waals surface area contributed by atoms with Gasteiger partial charge in [0.2, 0.25) is 5.91 Å². The van der Waals surface area contributed by atoms with Crippen LogP contribution in [-0.2, 0) is 18.4 Å². The Balaban J connectivity index is 1.57. The maximum atomic E-state index is 12.5. The molecule has 3 aromatic rings. The van der Waals surface area contributed by atoms with Gasteiger partial charge in [-0.25, -0.2) is 0 Å². The predicted molar refractivity (Wildman–Crippen MR) is 122 cm³/mol. The zero-order valence-corrected chi connectivity index (χ0v) is 19.1. The van der Waals surface area contributed by atoms with E-state index < -0.39 is 5.25 Å². The van der Waals surface area contributed by atoms with Crippen molar-refractivity contribution >= 4 is 29.3 Å². The van der Waals surface area contributed by atoms with Crippen LogP contribution in [0.15, 0.2) is 53.7 Å². The number of amides is 2. The van der Waals surface area contributed by atoms with Gasteiger partial charge in [0.05, 0.1) is 31.6 Å². The van der Waals surface area contributed by atoms with Crippen LogP contribution in [0.1, 0.15) is 23.1 Å². The van der Waals surface area contributed by atoms with E-state index in [9.17, 15) is 9.59 Å². The van der Waals surface area contributed by atoms with Crippen LogP contribution in [0.4, 0.5) is 5.69 Å². The molecule has 0 saturated heterocycles. The van der Waals surface area contributed by atoms with Crippen LogP contribution < -0.4 is 20.1 Å². The monoisotopic (exact) mass is 455 g/mol. The average Bonchev–Trinajstić information content (AvgIpc) is 3.16. The molecule has 0 bridgehead atoms. The molecule has 0 saturated carbocycles. The summed E-state index contributed by atoms with van der Waals surface area (Å²) in [5.41, 5.74) is 1.12. The second-order valence-electron chi connectivity index (χ2n) is 6.82. The molecular weight excluding hydrogens is 430 g/mol. The minimum absolute atomic E-state index is 0.158. The van der Waals surface area contributed by atoms with E-state index in [4.69, 9.17) is 9.47 Å². The van der Waals surface area contributed by atoms with Crippen molar-refractivity contribution < 1.29 is 19.1 Å². The smallest absolute Gasteiger partial charge is 0.255 e. The first-order valence-corrected chi connectivity index (χ1v) is 10.7. The van der Waals surface area contributed by atoms with Gasteiger partial charge in [-0.1, -0.05) is 23.9 Å². The topological polar surface area (TPSA) is 107 Å². The van der Waals surface area contributed by atoms with Crippen molar-refractivity contribution in [3.8, 4) is 11.5 Å². The first kappa shape index (κ1) is 23.1. The van der Waals surface area contributed by atoms with Crippen LogP contribution in [0.3, 0.4) is 0 Å². The van der Waals surface area contributed by atoms with Crippen molar-refractivity contribution in [2.75, 3.05) is 19.5 Å². The van der Waals surface area contributed by atoms with Crippen LogP contribution in [0.5, 0.6) is 11.5 Å². The van der Waals surface area contributed by atoms with Crippen molar-refractivity contribution in [1.29, 1.82) is 0 Å². The van der Waals surface area contributed by atoms with Gasteiger partial charge in [-0.05, 0) is 43.3 Å². The first-order chi connectivity index (χ1) is 15.4. The lowest BCUT2D eigenvalue weighted by Gasteiger charge is -2.12. The Morgan fingerprint density at radius 3 is 2.47 bits per heavy atom. The normalized spacial score (nSPS) is 11.5. The molecular formula is C22H25N5O4S. The summed E-state index contributed by atoms with van der Waals surface area (Å²) in [5.74, 6) is 1.35. The Labute approximate surface area is 190 Å². The Bertz CT molecular complexity index is 1080. The van der Waals surface area contributed by atoms with E-state index in [2.05, 4.69) is 20.8 Å². The number of carbonyl (C=O) groups is 2. The van der Waals surface area contributed by atoms with Gasteiger partial charge in [0.15, 0.2) is 11.0 Å². The largest absolute Gasteiger partial charge is 0.497 e. The number of rotatable bonds is 9. The summed E-state index contributed by atoms with van der Waals surface area (Å²) in [5, 5.41) is 14.2. The van der Waals surface area contributed by atoms with Gasteiger partial charge < -0.3 is 24.7 Å². The summed E-state index contributed by atoms with van der Waals surface area (Å²) < 4.78 is 12.1. The highest BCUT2D eigenvalue weighted by atomic mass is 32.2. The van der Waals surface area contributed by atoms with Crippen LogP contribution in [0.25, 0.3) is 0 Å². The number of aromatic nitrogens is 3. The molecule has 168 valence electrons. The number of methoxy groups -OCH3 is 2. The van der Waals surface area contributed by atoms with Crippen LogP contribution in [0.2, 0.25) is 0 Å². The molecule has 0 aliphatic carbocycles. The Morgan fingerprint density at radius 2 is 1.78 bits per heavy atom. The quantitative estimate of drug-likeness (QED) is 0.478. The second-order valence-corrected chi connectivity index (χ2v) is 8.13. The molecule has 1 aromatic heterocycles. The summed E-state index contributed by atoms with van der Waals surface area (Å²) in [7, 11) is 4.90. The van der Waals surface area contributed by atoms with Crippen molar-refractivity contribution in [1.82, 2.24) is 20.1 Å². The highest BCUT2D eigenvalue weighted by Gasteiger charge is 2.20. The maximum Gasteiger partial charge on any atom is 0.255 e. The van der Waals surface area contributed by atoms with Crippen molar-refractivity contribution in [3.05, 3.63) is 59.9 Å². The molecule has 0 spiro atoms. The number of nitrogens with zero attached hydrogens (tertiary/aromatic N) is 3. The second kappa shape index (κ2) is 10.7. The third kappa shape index (κ3) is 5.58. The minimum Gasteiger partial charge on any atom is -0.497 e. The number of carbonyl (C=O) groups excluding carboxylic acids is 2. The van der Waals surface area contributed by atoms with E-state index in [-0.39, 0.29) is 18.4 Å². The number of thioether (sulfide) groups is 1. The number of ether oxygens (including phenoxy) is 2. The molecule has 1 heterocycles. The van der Waals surface area contributed by atoms with E-state index in [0.29, 0.717) is 28.0 Å². The standard InChI is InChI=1S/C22H25N5O4S/c1-14(20(28)24-15-9-11-16(30-3)12-10-15)32-22-26-25-19(27(22)2)13-23-21(29)17-7-5-6-8-18(17)31-4/h5-12,14H,13H2,1-4H3,(H,23,29)(H,24,28)/t14-/m0/s1. The molecule has 1 atom stereocenters. The van der Waals surface area contributed by atoms with E-state index >= 15 is 0 Å². The van der Waals surface area contributed by atoms with Gasteiger partial charge in [-0.15, -0.1) is 10.2 Å². The Hall–Kier alpha value is -3.53. The molecule has 0 fully saturated rings. The fourth-order valence-electron chi connectivity index (χ4n) is 2.82. The van der Waals surface area contributed by atoms with Crippen molar-refractivity contribution in [2.24, 2.45) is 7.05 Å². The predicted octanol–water partition coefficient (Wildman–Crippen LogP) is 2.88. The molecule has 2 amide bonds. The first-order valence-electron chi connectivity index (χ1n) is 9.84. The fraction of sp³-hybridized carbons (Fsp3) is 0.273. The van der Waals surface area contributed by atoms with E-state index in [0.717, 1.165) is 5.75 Å². The maximum absolute atomic E-state index is 12.5. The molecule has 32 heavy (non-hydrogen) atoms. The third-order valence-corrected chi connectivity index (χ3v) is 5.83. The van der Waals surface area contributed by atoms with E-state index in [1.165, 1.54) is 18.9 Å². The van der Waals surface area contributed by atoms with Crippen LogP contribution in [0, 0.1) is 0 Å². The number of anilines is 1. The summed E-state index contributed by atoms with van der Waals surface area (Å²) in [4.78, 5) is 25.0. The number of benzene rings is 2. The average molecular weight is 456 g/mol. The molecule has 2 aromatic carbocycles. The number of para-hydroxylation sites is 1. The summed E-state index contributed by atoms with van der Waals surface area (Å²) in [6.45, 7) is 1.98. The zero-order valence-electron chi connectivity index (χ0n) is 18.3. The SMILES string of the molecule is COc1ccc(NC(=O)[C@H](C)Sc2nnc(CNC(=O)c3ccccc3OC)n2C)cc1. The van der Waals surface area contributed by atoms with Gasteiger partial charge >= 0.3 is 0 Å². The molecule has 10 heteroatoms. The zero-order chi connectivity index (χ0) is 23.1. The van der Waals surface area contributed by atoms with Crippen molar-refractivity contribution in [2.45, 2.75) is 23.9 Å². The van der Waals surface area contributed by atoms with E-state index in [1.807, 2.05) is 0 Å². The molecule has 9 nitrogen and oxygen atoms in total. The van der Waals surface area contributed by atoms with Gasteiger partial charge in [0, 0.05) is 12.7 Å². The van der Waals surface area contributed by atoms with Gasteiger partial charge in [-0.3, -0.25) is 9.59 Å². The molecule has 3 rings (SSSR count). The summed E-state index contributed by atoms with van der Waals surface area (Å²) in [6, 6.07) is 14.1. The van der Waals surface area contributed by atoms with E-state index in [1.54, 1.807) is 74.2 Å². The molecule has 0 aliphatic heterocycles. The highest BCUT2D eigenvalue weighted by molar-refractivity contribution is 8.00. The molecule has 0 aliphatic rings.